The molecule has 0 unspecified atom stereocenters. The Balaban J connectivity index is 4.34. The fourth-order valence-corrected chi connectivity index (χ4v) is 1.47. The number of carboxylic acids is 1. The van der Waals surface area contributed by atoms with E-state index in [-0.39, 0.29) is 17.1 Å². The van der Waals surface area contributed by atoms with Crippen LogP contribution >= 0.6 is 0 Å². The van der Waals surface area contributed by atoms with E-state index in [1.807, 2.05) is 0 Å². The molecule has 2 N–H and O–H groups in total. The third-order valence-corrected chi connectivity index (χ3v) is 2.73. The Labute approximate surface area is 118 Å². The van der Waals surface area contributed by atoms with Gasteiger partial charge in [0.15, 0.2) is 0 Å². The van der Waals surface area contributed by atoms with E-state index >= 15 is 0 Å². The van der Waals surface area contributed by atoms with Crippen LogP contribution in [-0.2, 0) is 19.1 Å². The maximum atomic E-state index is 11.5. The van der Waals surface area contributed by atoms with Crippen molar-refractivity contribution < 1.29 is 24.2 Å². The van der Waals surface area contributed by atoms with Gasteiger partial charge in [-0.3, -0.25) is 4.79 Å². The number of aliphatic carboxylic acids is 1. The highest BCUT2D eigenvalue weighted by molar-refractivity contribution is 5.99. The van der Waals surface area contributed by atoms with Crippen molar-refractivity contribution in [3.63, 3.8) is 0 Å². The molecule has 112 valence electrons. The Morgan fingerprint density at radius 3 is 2.25 bits per heavy atom. The van der Waals surface area contributed by atoms with Crippen molar-refractivity contribution in [1.29, 1.82) is 0 Å². The minimum atomic E-state index is -1.14. The normalized spacial score (nSPS) is 11.3. The van der Waals surface area contributed by atoms with E-state index in [2.05, 4.69) is 16.6 Å². The van der Waals surface area contributed by atoms with Gasteiger partial charge >= 0.3 is 11.9 Å². The van der Waals surface area contributed by atoms with Crippen LogP contribution < -0.4 is 5.32 Å². The molecule has 0 aromatic heterocycles. The van der Waals surface area contributed by atoms with Crippen molar-refractivity contribution in [3.8, 4) is 0 Å². The maximum absolute atomic E-state index is 11.5. The monoisotopic (exact) mass is 283 g/mol. The number of nitrogens with one attached hydrogen (secondary N) is 1. The second-order valence-corrected chi connectivity index (χ2v) is 4.39. The first-order valence-corrected chi connectivity index (χ1v) is 6.26. The number of carbonyl (C=O) groups excluding carboxylic acids is 2. The van der Waals surface area contributed by atoms with Gasteiger partial charge in [-0.2, -0.15) is 0 Å². The summed E-state index contributed by atoms with van der Waals surface area (Å²) >= 11 is 0. The number of rotatable bonds is 8. The zero-order chi connectivity index (χ0) is 15.7. The Kier molecular flexibility index (Phi) is 7.96. The Hall–Kier alpha value is -2.11. The van der Waals surface area contributed by atoms with Crippen LogP contribution in [-0.4, -0.2) is 36.6 Å². The molecule has 0 aliphatic heterocycles. The molecular formula is C14H21NO5. The second kappa shape index (κ2) is 8.90. The average molecular weight is 283 g/mol. The van der Waals surface area contributed by atoms with Crippen LogP contribution in [0.5, 0.6) is 0 Å². The molecule has 0 saturated heterocycles. The lowest BCUT2D eigenvalue weighted by atomic mass is 10.0. The molecule has 0 spiro atoms. The minimum absolute atomic E-state index is 0.0113. The second-order valence-electron chi connectivity index (χ2n) is 4.39. The quantitative estimate of drug-likeness (QED) is 0.399. The van der Waals surface area contributed by atoms with Crippen molar-refractivity contribution in [2.45, 2.75) is 33.1 Å². The molecule has 0 fully saturated rings. The topological polar surface area (TPSA) is 92.7 Å². The van der Waals surface area contributed by atoms with Crippen LogP contribution in [0.1, 0.15) is 33.1 Å². The zero-order valence-corrected chi connectivity index (χ0v) is 12.1. The summed E-state index contributed by atoms with van der Waals surface area (Å²) in [6.07, 6.45) is 1.51. The summed E-state index contributed by atoms with van der Waals surface area (Å²) in [6.45, 7) is 6.95. The van der Waals surface area contributed by atoms with Gasteiger partial charge in [-0.15, -0.1) is 0 Å². The van der Waals surface area contributed by atoms with Gasteiger partial charge in [0.25, 0.3) is 0 Å². The predicted molar refractivity (Wildman–Crippen MR) is 74.0 cm³/mol. The largest absolute Gasteiger partial charge is 0.478 e. The van der Waals surface area contributed by atoms with E-state index in [9.17, 15) is 14.4 Å². The molecule has 0 bridgehead atoms. The van der Waals surface area contributed by atoms with Crippen LogP contribution in [0.2, 0.25) is 0 Å². The number of methoxy groups -OCH3 is 1. The number of carboxylic acid groups (broad SMARTS) is 1. The summed E-state index contributed by atoms with van der Waals surface area (Å²) in [5.41, 5.74) is 0.580. The number of ether oxygens (including phenoxy) is 1. The highest BCUT2D eigenvalue weighted by Gasteiger charge is 2.17. The van der Waals surface area contributed by atoms with E-state index in [4.69, 9.17) is 5.11 Å². The Bertz CT molecular complexity index is 437. The van der Waals surface area contributed by atoms with Crippen LogP contribution in [0, 0.1) is 0 Å². The van der Waals surface area contributed by atoms with Gasteiger partial charge < -0.3 is 15.2 Å². The van der Waals surface area contributed by atoms with Crippen LogP contribution in [0.4, 0.5) is 0 Å². The smallest absolute Gasteiger partial charge is 0.334 e. The highest BCUT2D eigenvalue weighted by Crippen LogP contribution is 2.14. The SMILES string of the molecule is C=C(C)C(=O)NCCCC/C(C(=O)OC)=C(\C)C(=O)O. The van der Waals surface area contributed by atoms with Crippen LogP contribution in [0.15, 0.2) is 23.3 Å². The molecule has 0 radical (unpaired) electrons. The summed E-state index contributed by atoms with van der Waals surface area (Å²) in [5.74, 6) is -1.98. The first-order valence-electron chi connectivity index (χ1n) is 6.26. The first kappa shape index (κ1) is 17.9. The van der Waals surface area contributed by atoms with Crippen molar-refractivity contribution in [2.75, 3.05) is 13.7 Å². The van der Waals surface area contributed by atoms with Gasteiger partial charge in [-0.1, -0.05) is 6.58 Å². The lowest BCUT2D eigenvalue weighted by Gasteiger charge is -2.08. The predicted octanol–water partition coefficient (Wildman–Crippen LogP) is 1.42. The molecule has 0 heterocycles. The zero-order valence-electron chi connectivity index (χ0n) is 12.1. The summed E-state index contributed by atoms with van der Waals surface area (Å²) < 4.78 is 4.57. The fraction of sp³-hybridized carbons (Fsp3) is 0.500. The van der Waals surface area contributed by atoms with E-state index in [0.717, 1.165) is 0 Å². The van der Waals surface area contributed by atoms with E-state index in [1.54, 1.807) is 6.92 Å². The Morgan fingerprint density at radius 1 is 1.20 bits per heavy atom. The van der Waals surface area contributed by atoms with E-state index < -0.39 is 11.9 Å². The van der Waals surface area contributed by atoms with Gasteiger partial charge in [0.2, 0.25) is 5.91 Å². The molecule has 0 aliphatic rings. The average Bonchev–Trinajstić information content (AvgIpc) is 2.40. The fourth-order valence-electron chi connectivity index (χ4n) is 1.47. The van der Waals surface area contributed by atoms with Crippen LogP contribution in [0.3, 0.4) is 0 Å². The van der Waals surface area contributed by atoms with Gasteiger partial charge in [0.05, 0.1) is 7.11 Å². The number of esters is 1. The molecule has 0 aromatic rings. The lowest BCUT2D eigenvalue weighted by Crippen LogP contribution is -2.24. The summed E-state index contributed by atoms with van der Waals surface area (Å²) in [7, 11) is 1.21. The standard InChI is InChI=1S/C14H21NO5/c1-9(2)12(16)15-8-6-5-7-11(14(19)20-4)10(3)13(17)18/h1,5-8H2,2-4H3,(H,15,16)(H,17,18)/b11-10-. The molecule has 6 nitrogen and oxygen atoms in total. The molecule has 0 aromatic carbocycles. The van der Waals surface area contributed by atoms with E-state index in [0.29, 0.717) is 31.4 Å². The molecule has 1 amide bonds. The number of unbranched alkanes of at least 4 members (excludes halogenated alkanes) is 1. The number of hydrogen-bond acceptors (Lipinski definition) is 4. The molecule has 0 atom stereocenters. The molecule has 6 heteroatoms. The van der Waals surface area contributed by atoms with Crippen molar-refractivity contribution >= 4 is 17.8 Å². The summed E-state index contributed by atoms with van der Waals surface area (Å²) in [5, 5.41) is 11.6. The van der Waals surface area contributed by atoms with Crippen molar-refractivity contribution in [2.24, 2.45) is 0 Å². The number of carbonyl (C=O) groups is 3. The van der Waals surface area contributed by atoms with Gasteiger partial charge in [-0.25, -0.2) is 9.59 Å². The lowest BCUT2D eigenvalue weighted by molar-refractivity contribution is -0.138. The van der Waals surface area contributed by atoms with Gasteiger partial charge in [-0.05, 0) is 33.1 Å². The maximum Gasteiger partial charge on any atom is 0.334 e. The van der Waals surface area contributed by atoms with Crippen LogP contribution in [0.25, 0.3) is 0 Å². The minimum Gasteiger partial charge on any atom is -0.478 e. The third-order valence-electron chi connectivity index (χ3n) is 2.73. The van der Waals surface area contributed by atoms with E-state index in [1.165, 1.54) is 14.0 Å². The molecule has 20 heavy (non-hydrogen) atoms. The van der Waals surface area contributed by atoms with Gasteiger partial charge in [0.1, 0.15) is 0 Å². The molecule has 0 aliphatic carbocycles. The van der Waals surface area contributed by atoms with Crippen molar-refractivity contribution in [3.05, 3.63) is 23.3 Å². The molecular weight excluding hydrogens is 262 g/mol. The number of amides is 1. The first-order chi connectivity index (χ1) is 9.31. The molecule has 0 rings (SSSR count). The van der Waals surface area contributed by atoms with Crippen molar-refractivity contribution in [1.82, 2.24) is 5.32 Å². The third kappa shape index (κ3) is 6.17. The molecule has 0 saturated carbocycles. The Morgan fingerprint density at radius 2 is 1.80 bits per heavy atom. The summed E-state index contributed by atoms with van der Waals surface area (Å²) in [4.78, 5) is 33.6. The number of hydrogen-bond donors (Lipinski definition) is 2. The highest BCUT2D eigenvalue weighted by atomic mass is 16.5. The van der Waals surface area contributed by atoms with Gasteiger partial charge in [0, 0.05) is 23.3 Å². The summed E-state index contributed by atoms with van der Waals surface area (Å²) in [6, 6.07) is 0.